The van der Waals surface area contributed by atoms with Crippen molar-refractivity contribution in [2.75, 3.05) is 16.0 Å². The van der Waals surface area contributed by atoms with E-state index in [-0.39, 0.29) is 6.03 Å². The predicted molar refractivity (Wildman–Crippen MR) is 87.6 cm³/mol. The van der Waals surface area contributed by atoms with Gasteiger partial charge in [0.2, 0.25) is 6.41 Å². The topological polar surface area (TPSA) is 70.2 Å². The Labute approximate surface area is 130 Å². The second kappa shape index (κ2) is 6.90. The Balaban J connectivity index is 2.00. The maximum absolute atomic E-state index is 11.9. The molecule has 0 aliphatic carbocycles. The lowest BCUT2D eigenvalue weighted by molar-refractivity contribution is -0.105. The predicted octanol–water partition coefficient (Wildman–Crippen LogP) is 3.97. The lowest BCUT2D eigenvalue weighted by atomic mass is 10.2. The summed E-state index contributed by atoms with van der Waals surface area (Å²) in [5.74, 6) is 0. The first-order valence-corrected chi connectivity index (χ1v) is 7.02. The lowest BCUT2D eigenvalue weighted by Crippen LogP contribution is -2.19. The van der Waals surface area contributed by atoms with E-state index in [1.165, 1.54) is 0 Å². The molecule has 0 unspecified atom stereocenters. The summed E-state index contributed by atoms with van der Waals surface area (Å²) < 4.78 is 0.947. The van der Waals surface area contributed by atoms with Crippen molar-refractivity contribution in [1.82, 2.24) is 0 Å². The molecule has 0 atom stereocenters. The van der Waals surface area contributed by atoms with Gasteiger partial charge in [0.15, 0.2) is 0 Å². The minimum atomic E-state index is -0.326. The van der Waals surface area contributed by atoms with Crippen molar-refractivity contribution in [2.24, 2.45) is 0 Å². The number of anilines is 3. The summed E-state index contributed by atoms with van der Waals surface area (Å²) in [6.45, 7) is 1.85. The lowest BCUT2D eigenvalue weighted by Gasteiger charge is -2.10. The second-order valence-corrected chi connectivity index (χ2v) is 5.29. The first kappa shape index (κ1) is 15.1. The van der Waals surface area contributed by atoms with Crippen LogP contribution in [0.15, 0.2) is 46.9 Å². The number of rotatable bonds is 4. The van der Waals surface area contributed by atoms with Crippen molar-refractivity contribution in [1.29, 1.82) is 0 Å². The molecule has 3 amide bonds. The number of benzene rings is 2. The van der Waals surface area contributed by atoms with E-state index in [0.29, 0.717) is 23.5 Å². The average molecular weight is 348 g/mol. The summed E-state index contributed by atoms with van der Waals surface area (Å²) >= 11 is 3.33. The molecule has 0 aliphatic heterocycles. The van der Waals surface area contributed by atoms with Crippen LogP contribution in [-0.2, 0) is 4.79 Å². The number of amides is 3. The Morgan fingerprint density at radius 3 is 2.29 bits per heavy atom. The Kier molecular flexibility index (Phi) is 4.94. The van der Waals surface area contributed by atoms with Gasteiger partial charge in [-0.05, 0) is 55.0 Å². The molecule has 108 valence electrons. The average Bonchev–Trinajstić information content (AvgIpc) is 2.44. The quantitative estimate of drug-likeness (QED) is 0.732. The zero-order chi connectivity index (χ0) is 15.2. The molecule has 2 aromatic carbocycles. The number of halogens is 1. The fourth-order valence-electron chi connectivity index (χ4n) is 1.79. The molecule has 0 saturated heterocycles. The normalized spacial score (nSPS) is 9.81. The zero-order valence-corrected chi connectivity index (χ0v) is 12.9. The highest BCUT2D eigenvalue weighted by Crippen LogP contribution is 2.19. The van der Waals surface area contributed by atoms with Crippen LogP contribution in [0.25, 0.3) is 0 Å². The highest BCUT2D eigenvalue weighted by molar-refractivity contribution is 9.10. The molecule has 3 N–H and O–H groups in total. The van der Waals surface area contributed by atoms with Crippen molar-refractivity contribution in [2.45, 2.75) is 6.92 Å². The number of hydrogen-bond donors (Lipinski definition) is 3. The van der Waals surface area contributed by atoms with E-state index in [0.717, 1.165) is 10.0 Å². The number of hydrogen-bond acceptors (Lipinski definition) is 2. The maximum Gasteiger partial charge on any atom is 0.323 e. The van der Waals surface area contributed by atoms with Crippen LogP contribution in [0.5, 0.6) is 0 Å². The van der Waals surface area contributed by atoms with Crippen LogP contribution in [-0.4, -0.2) is 12.4 Å². The number of carbonyl (C=O) groups excluding carboxylic acids is 2. The van der Waals surface area contributed by atoms with E-state index in [1.807, 2.05) is 19.1 Å². The third kappa shape index (κ3) is 4.32. The third-order valence-corrected chi connectivity index (χ3v) is 3.33. The van der Waals surface area contributed by atoms with Crippen molar-refractivity contribution in [3.8, 4) is 0 Å². The second-order valence-electron chi connectivity index (χ2n) is 4.38. The number of aryl methyl sites for hydroxylation is 1. The molecule has 0 spiro atoms. The van der Waals surface area contributed by atoms with Gasteiger partial charge in [-0.3, -0.25) is 4.79 Å². The van der Waals surface area contributed by atoms with Crippen LogP contribution >= 0.6 is 15.9 Å². The molecular formula is C15H14BrN3O2. The fraction of sp³-hybridized carbons (Fsp3) is 0.0667. The van der Waals surface area contributed by atoms with E-state index in [2.05, 4.69) is 31.9 Å². The molecule has 0 fully saturated rings. The molecule has 0 heterocycles. The van der Waals surface area contributed by atoms with Gasteiger partial charge in [0.1, 0.15) is 0 Å². The van der Waals surface area contributed by atoms with Crippen LogP contribution in [0.4, 0.5) is 21.9 Å². The van der Waals surface area contributed by atoms with Crippen LogP contribution in [0.2, 0.25) is 0 Å². The summed E-state index contributed by atoms with van der Waals surface area (Å²) in [4.78, 5) is 22.3. The molecule has 0 saturated carbocycles. The van der Waals surface area contributed by atoms with E-state index >= 15 is 0 Å². The molecule has 6 heteroatoms. The van der Waals surface area contributed by atoms with E-state index in [1.54, 1.807) is 30.3 Å². The minimum Gasteiger partial charge on any atom is -0.328 e. The van der Waals surface area contributed by atoms with Crippen molar-refractivity contribution in [3.05, 3.63) is 52.5 Å². The monoisotopic (exact) mass is 347 g/mol. The van der Waals surface area contributed by atoms with Gasteiger partial charge >= 0.3 is 6.03 Å². The molecule has 0 aromatic heterocycles. The van der Waals surface area contributed by atoms with E-state index in [9.17, 15) is 9.59 Å². The zero-order valence-electron chi connectivity index (χ0n) is 11.3. The highest BCUT2D eigenvalue weighted by atomic mass is 79.9. The summed E-state index contributed by atoms with van der Waals surface area (Å²) in [7, 11) is 0. The first-order valence-electron chi connectivity index (χ1n) is 6.23. The largest absolute Gasteiger partial charge is 0.328 e. The number of urea groups is 1. The van der Waals surface area contributed by atoms with E-state index < -0.39 is 0 Å². The Bertz CT molecular complexity index is 656. The van der Waals surface area contributed by atoms with Crippen molar-refractivity contribution < 1.29 is 9.59 Å². The van der Waals surface area contributed by atoms with Crippen molar-refractivity contribution >= 4 is 45.4 Å². The van der Waals surface area contributed by atoms with E-state index in [4.69, 9.17) is 0 Å². The van der Waals surface area contributed by atoms with Gasteiger partial charge in [-0.25, -0.2) is 4.79 Å². The molecule has 2 rings (SSSR count). The third-order valence-electron chi connectivity index (χ3n) is 2.80. The Morgan fingerprint density at radius 2 is 1.67 bits per heavy atom. The molecular weight excluding hydrogens is 334 g/mol. The van der Waals surface area contributed by atoms with Crippen LogP contribution in [0, 0.1) is 6.92 Å². The van der Waals surface area contributed by atoms with Gasteiger partial charge < -0.3 is 16.0 Å². The summed E-state index contributed by atoms with van der Waals surface area (Å²) in [5, 5.41) is 8.06. The molecule has 0 aliphatic rings. The van der Waals surface area contributed by atoms with Gasteiger partial charge in [0.05, 0.1) is 0 Å². The van der Waals surface area contributed by atoms with Crippen LogP contribution in [0.3, 0.4) is 0 Å². The highest BCUT2D eigenvalue weighted by Gasteiger charge is 2.04. The standard InChI is InChI=1S/C15H14BrN3O2/c1-10-8-13(6-7-14(10)17-9-20)19-15(21)18-12-4-2-11(16)3-5-12/h2-9H,1H3,(H,17,20)(H2,18,19,21). The number of nitrogens with one attached hydrogen (secondary N) is 3. The number of carbonyl (C=O) groups is 2. The minimum absolute atomic E-state index is 0.326. The van der Waals surface area contributed by atoms with Gasteiger partial charge in [0.25, 0.3) is 0 Å². The fourth-order valence-corrected chi connectivity index (χ4v) is 2.06. The molecule has 2 aromatic rings. The molecule has 0 bridgehead atoms. The SMILES string of the molecule is Cc1cc(NC(=O)Nc2ccc(Br)cc2)ccc1NC=O. The molecule has 21 heavy (non-hydrogen) atoms. The molecule has 0 radical (unpaired) electrons. The van der Waals surface area contributed by atoms with Crippen molar-refractivity contribution in [3.63, 3.8) is 0 Å². The maximum atomic E-state index is 11.9. The smallest absolute Gasteiger partial charge is 0.323 e. The Morgan fingerprint density at radius 1 is 1.05 bits per heavy atom. The van der Waals surface area contributed by atoms with Gasteiger partial charge in [-0.2, -0.15) is 0 Å². The summed E-state index contributed by atoms with van der Waals surface area (Å²) in [6, 6.07) is 12.2. The van der Waals surface area contributed by atoms with Gasteiger partial charge in [0, 0.05) is 21.5 Å². The van der Waals surface area contributed by atoms with Gasteiger partial charge in [-0.15, -0.1) is 0 Å². The first-order chi connectivity index (χ1) is 10.1. The summed E-state index contributed by atoms with van der Waals surface area (Å²) in [5.41, 5.74) is 2.93. The Hall–Kier alpha value is -2.34. The van der Waals surface area contributed by atoms with Crippen LogP contribution < -0.4 is 16.0 Å². The van der Waals surface area contributed by atoms with Crippen LogP contribution in [0.1, 0.15) is 5.56 Å². The summed E-state index contributed by atoms with van der Waals surface area (Å²) in [6.07, 6.45) is 0.621. The molecule has 5 nitrogen and oxygen atoms in total. The van der Waals surface area contributed by atoms with Gasteiger partial charge in [-0.1, -0.05) is 15.9 Å².